The van der Waals surface area contributed by atoms with Crippen LogP contribution in [-0.4, -0.2) is 23.7 Å². The van der Waals surface area contributed by atoms with Crippen molar-refractivity contribution in [2.75, 3.05) is 6.61 Å². The molecule has 0 amide bonds. The van der Waals surface area contributed by atoms with Gasteiger partial charge < -0.3 is 9.47 Å². The largest absolute Gasteiger partial charge is 0.462 e. The van der Waals surface area contributed by atoms with Crippen LogP contribution >= 0.6 is 0 Å². The van der Waals surface area contributed by atoms with Crippen LogP contribution in [0, 0.1) is 34.9 Å². The lowest BCUT2D eigenvalue weighted by Gasteiger charge is -2.47. The molecule has 1 saturated heterocycles. The Labute approximate surface area is 218 Å². The summed E-state index contributed by atoms with van der Waals surface area (Å²) in [7, 11) is 0. The second-order valence-corrected chi connectivity index (χ2v) is 10.7. The Hall–Kier alpha value is -3.31. The van der Waals surface area contributed by atoms with E-state index in [0.717, 1.165) is 28.8 Å². The third-order valence-electron chi connectivity index (χ3n) is 8.35. The molecule has 4 nitrogen and oxygen atoms in total. The van der Waals surface area contributed by atoms with Crippen molar-refractivity contribution in [2.24, 2.45) is 29.1 Å². The lowest BCUT2D eigenvalue weighted by Crippen LogP contribution is -2.50. The average molecular weight is 500 g/mol. The number of ether oxygens (including phenoxy) is 2. The van der Waals surface area contributed by atoms with Crippen LogP contribution in [0.5, 0.6) is 0 Å². The predicted molar refractivity (Wildman–Crippen MR) is 143 cm³/mol. The van der Waals surface area contributed by atoms with E-state index in [1.807, 2.05) is 61.5 Å². The molecule has 37 heavy (non-hydrogen) atoms. The van der Waals surface area contributed by atoms with Gasteiger partial charge in [0.05, 0.1) is 24.3 Å². The van der Waals surface area contributed by atoms with Crippen molar-refractivity contribution in [1.82, 2.24) is 4.98 Å². The van der Waals surface area contributed by atoms with Crippen molar-refractivity contribution in [2.45, 2.75) is 39.9 Å². The van der Waals surface area contributed by atoms with Crippen LogP contribution in [-0.2, 0) is 20.9 Å². The van der Waals surface area contributed by atoms with Crippen molar-refractivity contribution >= 4 is 12.0 Å². The molecule has 3 aromatic rings. The zero-order chi connectivity index (χ0) is 26.0. The second kappa shape index (κ2) is 10.6. The first-order valence-electron chi connectivity index (χ1n) is 13.1. The Morgan fingerprint density at radius 1 is 1.05 bits per heavy atom. The van der Waals surface area contributed by atoms with Gasteiger partial charge in [0, 0.05) is 17.7 Å². The number of fused-ring (bicyclic) bond motifs is 1. The van der Waals surface area contributed by atoms with E-state index in [1.165, 1.54) is 12.1 Å². The van der Waals surface area contributed by atoms with E-state index in [1.54, 1.807) is 12.3 Å². The van der Waals surface area contributed by atoms with E-state index in [2.05, 4.69) is 24.9 Å². The lowest BCUT2D eigenvalue weighted by molar-refractivity contribution is -0.155. The first-order chi connectivity index (χ1) is 17.9. The normalized spacial score (nSPS) is 29.3. The van der Waals surface area contributed by atoms with Crippen molar-refractivity contribution < 1.29 is 18.7 Å². The monoisotopic (exact) mass is 499 g/mol. The summed E-state index contributed by atoms with van der Waals surface area (Å²) >= 11 is 0. The highest BCUT2D eigenvalue weighted by molar-refractivity contribution is 5.80. The fourth-order valence-corrected chi connectivity index (χ4v) is 6.30. The molecular weight excluding hydrogens is 465 g/mol. The highest BCUT2D eigenvalue weighted by atomic mass is 19.1. The summed E-state index contributed by atoms with van der Waals surface area (Å²) in [5.41, 5.74) is 2.94. The summed E-state index contributed by atoms with van der Waals surface area (Å²) in [5.74, 6) is 0.507. The maximum absolute atomic E-state index is 13.6. The Morgan fingerprint density at radius 2 is 1.86 bits per heavy atom. The number of benzene rings is 2. The highest BCUT2D eigenvalue weighted by Crippen LogP contribution is 2.56. The summed E-state index contributed by atoms with van der Waals surface area (Å²) < 4.78 is 25.7. The minimum atomic E-state index is -0.649. The second-order valence-electron chi connectivity index (χ2n) is 10.7. The minimum Gasteiger partial charge on any atom is -0.462 e. The first-order valence-corrected chi connectivity index (χ1v) is 13.1. The minimum absolute atomic E-state index is 0.0322. The summed E-state index contributed by atoms with van der Waals surface area (Å²) in [5, 5.41) is 0. The molecule has 0 N–H and O–H groups in total. The number of aromatic nitrogens is 1. The van der Waals surface area contributed by atoms with Gasteiger partial charge in [0.25, 0.3) is 0 Å². The van der Waals surface area contributed by atoms with Crippen molar-refractivity contribution in [3.63, 3.8) is 0 Å². The van der Waals surface area contributed by atoms with Gasteiger partial charge in [0.1, 0.15) is 11.9 Å². The molecule has 0 radical (unpaired) electrons. The van der Waals surface area contributed by atoms with Gasteiger partial charge >= 0.3 is 5.97 Å². The number of pyridine rings is 1. The lowest BCUT2D eigenvalue weighted by atomic mass is 9.55. The number of hydrogen-bond acceptors (Lipinski definition) is 4. The SMILES string of the molecule is C[C@H]1[C@H](C=Cc2ccc(-c3cccc(F)c3)cn2)[C@@H]2[C@@H](C)OC(=O)[C@]2(COCc2ccccc2)C[C@@H]1C. The zero-order valence-corrected chi connectivity index (χ0v) is 21.6. The molecule has 192 valence electrons. The number of allylic oxidation sites excluding steroid dienone is 1. The van der Waals surface area contributed by atoms with E-state index in [4.69, 9.17) is 9.47 Å². The molecule has 6 atom stereocenters. The number of hydrogen-bond donors (Lipinski definition) is 0. The Morgan fingerprint density at radius 3 is 2.59 bits per heavy atom. The number of carbonyl (C=O) groups excluding carboxylic acids is 1. The molecule has 1 saturated carbocycles. The number of halogens is 1. The molecule has 1 aliphatic heterocycles. The van der Waals surface area contributed by atoms with Crippen molar-refractivity contribution in [3.8, 4) is 11.1 Å². The van der Waals surface area contributed by atoms with Crippen LogP contribution in [0.3, 0.4) is 0 Å². The number of cyclic esters (lactones) is 1. The van der Waals surface area contributed by atoms with Gasteiger partial charge in [-0.3, -0.25) is 9.78 Å². The third kappa shape index (κ3) is 5.10. The molecule has 2 fully saturated rings. The average Bonchev–Trinajstić information content (AvgIpc) is 3.14. The molecule has 1 aliphatic carbocycles. The molecule has 2 aliphatic rings. The fraction of sp³-hybridized carbons (Fsp3) is 0.375. The summed E-state index contributed by atoms with van der Waals surface area (Å²) in [6.45, 7) is 7.34. The molecule has 0 bridgehead atoms. The van der Waals surface area contributed by atoms with E-state index in [9.17, 15) is 9.18 Å². The molecule has 5 rings (SSSR count). The molecule has 0 spiro atoms. The quantitative estimate of drug-likeness (QED) is 0.330. The maximum atomic E-state index is 13.6. The van der Waals surface area contributed by atoms with Gasteiger partial charge in [-0.05, 0) is 66.5 Å². The first kappa shape index (κ1) is 25.3. The van der Waals surface area contributed by atoms with E-state index >= 15 is 0 Å². The summed E-state index contributed by atoms with van der Waals surface area (Å²) in [6.07, 6.45) is 6.61. The van der Waals surface area contributed by atoms with Crippen molar-refractivity contribution in [1.29, 1.82) is 0 Å². The zero-order valence-electron chi connectivity index (χ0n) is 21.6. The topological polar surface area (TPSA) is 48.4 Å². The van der Waals surface area contributed by atoms with E-state index < -0.39 is 5.41 Å². The van der Waals surface area contributed by atoms with Crippen LogP contribution in [0.1, 0.15) is 38.4 Å². The van der Waals surface area contributed by atoms with E-state index in [0.29, 0.717) is 25.0 Å². The third-order valence-corrected chi connectivity index (χ3v) is 8.35. The van der Waals surface area contributed by atoms with Gasteiger partial charge in [0.2, 0.25) is 0 Å². The Kier molecular flexibility index (Phi) is 7.25. The van der Waals surface area contributed by atoms with Gasteiger partial charge in [-0.2, -0.15) is 0 Å². The molecule has 1 aromatic heterocycles. The van der Waals surface area contributed by atoms with Crippen LogP contribution in [0.15, 0.2) is 79.0 Å². The molecule has 0 unspecified atom stereocenters. The molecule has 2 heterocycles. The standard InChI is InChI=1S/C32H34FNO3/c1-21-17-32(20-36-19-24-8-5-4-6-9-24)30(23(3)37-31(32)35)29(22(21)2)15-14-28-13-12-26(18-34-28)25-10-7-11-27(33)16-25/h4-16,18,21-23,29-30H,17,19-20H2,1-3H3/t21-,22+,23+,29-,30-,32-/m0/s1. The summed E-state index contributed by atoms with van der Waals surface area (Å²) in [6, 6.07) is 20.5. The van der Waals surface area contributed by atoms with Gasteiger partial charge in [0.15, 0.2) is 0 Å². The number of carbonyl (C=O) groups is 1. The Bertz CT molecular complexity index is 1260. The predicted octanol–water partition coefficient (Wildman–Crippen LogP) is 6.96. The van der Waals surface area contributed by atoms with Gasteiger partial charge in [-0.15, -0.1) is 0 Å². The molecule has 2 aromatic carbocycles. The number of rotatable bonds is 7. The van der Waals surface area contributed by atoms with Crippen LogP contribution in [0.2, 0.25) is 0 Å². The van der Waals surface area contributed by atoms with Gasteiger partial charge in [-0.1, -0.05) is 68.5 Å². The summed E-state index contributed by atoms with van der Waals surface area (Å²) in [4.78, 5) is 17.9. The Balaban J connectivity index is 1.36. The van der Waals surface area contributed by atoms with Crippen LogP contribution in [0.4, 0.5) is 4.39 Å². The van der Waals surface area contributed by atoms with Gasteiger partial charge in [-0.25, -0.2) is 4.39 Å². The van der Waals surface area contributed by atoms with Crippen LogP contribution in [0.25, 0.3) is 17.2 Å². The molecular formula is C32H34FNO3. The van der Waals surface area contributed by atoms with Crippen LogP contribution < -0.4 is 0 Å². The smallest absolute Gasteiger partial charge is 0.315 e. The number of nitrogens with zero attached hydrogens (tertiary/aromatic N) is 1. The molecule has 5 heteroatoms. The van der Waals surface area contributed by atoms with Crippen molar-refractivity contribution in [3.05, 3.63) is 96.1 Å². The number of esters is 1. The van der Waals surface area contributed by atoms with E-state index in [-0.39, 0.29) is 29.7 Å². The maximum Gasteiger partial charge on any atom is 0.315 e. The fourth-order valence-electron chi connectivity index (χ4n) is 6.30. The highest BCUT2D eigenvalue weighted by Gasteiger charge is 2.62.